The van der Waals surface area contributed by atoms with Gasteiger partial charge < -0.3 is 4.42 Å². The second-order valence-electron chi connectivity index (χ2n) is 2.12. The lowest BCUT2D eigenvalue weighted by Gasteiger charge is -1.94. The van der Waals surface area contributed by atoms with Gasteiger partial charge >= 0.3 is 0 Å². The van der Waals surface area contributed by atoms with Crippen LogP contribution < -0.4 is 0 Å². The van der Waals surface area contributed by atoms with Crippen molar-refractivity contribution in [1.82, 2.24) is 0 Å². The van der Waals surface area contributed by atoms with Gasteiger partial charge in [-0.15, -0.1) is 11.8 Å². The Kier molecular flexibility index (Phi) is 3.17. The highest BCUT2D eigenvalue weighted by Gasteiger charge is 2.11. The zero-order valence-corrected chi connectivity index (χ0v) is 7.69. The van der Waals surface area contributed by atoms with E-state index in [0.717, 1.165) is 10.6 Å². The highest BCUT2D eigenvalue weighted by molar-refractivity contribution is 7.99. The molecule has 0 N–H and O–H groups in total. The summed E-state index contributed by atoms with van der Waals surface area (Å²) in [5.74, 6) is 1.17. The van der Waals surface area contributed by atoms with E-state index in [9.17, 15) is 4.79 Å². The molecule has 0 aliphatic carbocycles. The molecule has 12 heavy (non-hydrogen) atoms. The third kappa shape index (κ3) is 1.80. The number of hydrogen-bond acceptors (Lipinski definition) is 3. The van der Waals surface area contributed by atoms with Crippen LogP contribution in [0.4, 0.5) is 0 Å². The Bertz CT molecular complexity index is 288. The van der Waals surface area contributed by atoms with Gasteiger partial charge in [-0.1, -0.05) is 13.5 Å². The van der Waals surface area contributed by atoms with Gasteiger partial charge in [0.05, 0.1) is 11.2 Å². The SMILES string of the molecule is C=CC(=O)c1occc1SCC. The lowest BCUT2D eigenvalue weighted by Crippen LogP contribution is -1.92. The maximum atomic E-state index is 11.1. The molecule has 0 saturated heterocycles. The van der Waals surface area contributed by atoms with E-state index >= 15 is 0 Å². The zero-order chi connectivity index (χ0) is 8.97. The summed E-state index contributed by atoms with van der Waals surface area (Å²) in [5, 5.41) is 0. The molecule has 0 aromatic carbocycles. The number of carbonyl (C=O) groups is 1. The number of hydrogen-bond donors (Lipinski definition) is 0. The molecule has 2 nitrogen and oxygen atoms in total. The maximum Gasteiger partial charge on any atom is 0.221 e. The van der Waals surface area contributed by atoms with Gasteiger partial charge in [-0.3, -0.25) is 4.79 Å². The summed E-state index contributed by atoms with van der Waals surface area (Å²) in [4.78, 5) is 12.0. The van der Waals surface area contributed by atoms with Crippen LogP contribution in [0.5, 0.6) is 0 Å². The van der Waals surface area contributed by atoms with Crippen molar-refractivity contribution in [3.8, 4) is 0 Å². The van der Waals surface area contributed by atoms with Crippen LogP contribution in [0.2, 0.25) is 0 Å². The van der Waals surface area contributed by atoms with Crippen molar-refractivity contribution in [3.05, 3.63) is 30.7 Å². The molecule has 0 spiro atoms. The Hall–Kier alpha value is -0.960. The first kappa shape index (κ1) is 9.13. The number of rotatable bonds is 4. The molecule has 0 saturated carbocycles. The smallest absolute Gasteiger partial charge is 0.221 e. The average molecular weight is 182 g/mol. The quantitative estimate of drug-likeness (QED) is 0.407. The summed E-state index contributed by atoms with van der Waals surface area (Å²) in [7, 11) is 0. The first-order valence-corrected chi connectivity index (χ1v) is 4.65. The third-order valence-corrected chi connectivity index (χ3v) is 2.26. The number of furan rings is 1. The van der Waals surface area contributed by atoms with Crippen molar-refractivity contribution < 1.29 is 9.21 Å². The number of allylic oxidation sites excluding steroid dienone is 1. The second-order valence-corrected chi connectivity index (χ2v) is 3.42. The largest absolute Gasteiger partial charge is 0.460 e. The molecule has 0 bridgehead atoms. The molecule has 0 atom stereocenters. The van der Waals surface area contributed by atoms with E-state index in [0.29, 0.717) is 5.76 Å². The lowest BCUT2D eigenvalue weighted by atomic mass is 10.3. The minimum atomic E-state index is -0.157. The summed E-state index contributed by atoms with van der Waals surface area (Å²) < 4.78 is 5.03. The molecule has 1 heterocycles. The summed E-state index contributed by atoms with van der Waals surface area (Å²) in [6, 6.07) is 1.80. The van der Waals surface area contributed by atoms with Crippen LogP contribution in [0.15, 0.2) is 34.3 Å². The average Bonchev–Trinajstić information content (AvgIpc) is 2.52. The van der Waals surface area contributed by atoms with Gasteiger partial charge in [-0.05, 0) is 17.9 Å². The molecule has 0 aliphatic heterocycles. The van der Waals surface area contributed by atoms with Crippen molar-refractivity contribution in [1.29, 1.82) is 0 Å². The Labute approximate surface area is 75.6 Å². The van der Waals surface area contributed by atoms with Crippen molar-refractivity contribution >= 4 is 17.5 Å². The van der Waals surface area contributed by atoms with Crippen LogP contribution in [0.1, 0.15) is 17.5 Å². The van der Waals surface area contributed by atoms with E-state index in [-0.39, 0.29) is 5.78 Å². The number of ketones is 1. The molecule has 0 amide bonds. The standard InChI is InChI=1S/C9H10O2S/c1-3-7(10)9-8(12-4-2)5-6-11-9/h3,5-6H,1,4H2,2H3. The summed E-state index contributed by atoms with van der Waals surface area (Å²) in [6.45, 7) is 5.43. The van der Waals surface area contributed by atoms with Crippen LogP contribution in [-0.2, 0) is 0 Å². The normalized spacial score (nSPS) is 9.75. The van der Waals surface area contributed by atoms with Gasteiger partial charge in [-0.2, -0.15) is 0 Å². The number of thioether (sulfide) groups is 1. The van der Waals surface area contributed by atoms with Crippen LogP contribution >= 0.6 is 11.8 Å². The van der Waals surface area contributed by atoms with Gasteiger partial charge in [-0.25, -0.2) is 0 Å². The first-order chi connectivity index (χ1) is 5.79. The molecule has 0 fully saturated rings. The van der Waals surface area contributed by atoms with Gasteiger partial charge in [0, 0.05) is 0 Å². The Morgan fingerprint density at radius 3 is 3.17 bits per heavy atom. The predicted octanol–water partition coefficient (Wildman–Crippen LogP) is 2.76. The van der Waals surface area contributed by atoms with Crippen molar-refractivity contribution in [3.63, 3.8) is 0 Å². The lowest BCUT2D eigenvalue weighted by molar-refractivity contribution is 0.101. The van der Waals surface area contributed by atoms with Crippen LogP contribution in [0.3, 0.4) is 0 Å². The highest BCUT2D eigenvalue weighted by Crippen LogP contribution is 2.23. The van der Waals surface area contributed by atoms with Crippen LogP contribution in [0, 0.1) is 0 Å². The molecule has 0 radical (unpaired) electrons. The van der Waals surface area contributed by atoms with Crippen molar-refractivity contribution in [2.45, 2.75) is 11.8 Å². The molecular weight excluding hydrogens is 172 g/mol. The van der Waals surface area contributed by atoms with Gasteiger partial charge in [0.1, 0.15) is 0 Å². The Morgan fingerprint density at radius 2 is 2.58 bits per heavy atom. The van der Waals surface area contributed by atoms with E-state index < -0.39 is 0 Å². The Balaban J connectivity index is 2.90. The molecule has 1 aromatic heterocycles. The zero-order valence-electron chi connectivity index (χ0n) is 6.87. The van der Waals surface area contributed by atoms with Gasteiger partial charge in [0.15, 0.2) is 5.76 Å². The predicted molar refractivity (Wildman–Crippen MR) is 49.6 cm³/mol. The molecule has 0 unspecified atom stereocenters. The van der Waals surface area contributed by atoms with Crippen molar-refractivity contribution in [2.75, 3.05) is 5.75 Å². The van der Waals surface area contributed by atoms with E-state index in [1.165, 1.54) is 12.3 Å². The minimum Gasteiger partial charge on any atom is -0.460 e. The van der Waals surface area contributed by atoms with E-state index in [1.54, 1.807) is 17.8 Å². The maximum absolute atomic E-state index is 11.1. The fourth-order valence-electron chi connectivity index (χ4n) is 0.839. The summed E-state index contributed by atoms with van der Waals surface area (Å²) >= 11 is 1.59. The molecular formula is C9H10O2S. The molecule has 64 valence electrons. The van der Waals surface area contributed by atoms with E-state index in [2.05, 4.69) is 6.58 Å². The fourth-order valence-corrected chi connectivity index (χ4v) is 1.58. The molecule has 3 heteroatoms. The third-order valence-electron chi connectivity index (χ3n) is 1.34. The van der Waals surface area contributed by atoms with Crippen LogP contribution in [-0.4, -0.2) is 11.5 Å². The van der Waals surface area contributed by atoms with Crippen molar-refractivity contribution in [2.24, 2.45) is 0 Å². The number of carbonyl (C=O) groups excluding carboxylic acids is 1. The topological polar surface area (TPSA) is 30.2 Å². The highest BCUT2D eigenvalue weighted by atomic mass is 32.2. The summed E-state index contributed by atoms with van der Waals surface area (Å²) in [5.41, 5.74) is 0. The molecule has 1 rings (SSSR count). The van der Waals surface area contributed by atoms with Gasteiger partial charge in [0.25, 0.3) is 0 Å². The minimum absolute atomic E-state index is 0.157. The Morgan fingerprint density at radius 1 is 1.83 bits per heavy atom. The van der Waals surface area contributed by atoms with Gasteiger partial charge in [0.2, 0.25) is 5.78 Å². The summed E-state index contributed by atoms with van der Waals surface area (Å²) in [6.07, 6.45) is 2.78. The fraction of sp³-hybridized carbons (Fsp3) is 0.222. The first-order valence-electron chi connectivity index (χ1n) is 3.66. The second kappa shape index (κ2) is 4.16. The van der Waals surface area contributed by atoms with Crippen LogP contribution in [0.25, 0.3) is 0 Å². The van der Waals surface area contributed by atoms with E-state index in [4.69, 9.17) is 4.42 Å². The molecule has 1 aromatic rings. The molecule has 0 aliphatic rings. The monoisotopic (exact) mass is 182 g/mol. The van der Waals surface area contributed by atoms with E-state index in [1.807, 2.05) is 6.92 Å².